The lowest BCUT2D eigenvalue weighted by atomic mass is 11.8. The van der Waals surface area contributed by atoms with Crippen molar-refractivity contribution in [3.63, 3.8) is 0 Å². The lowest BCUT2D eigenvalue weighted by Crippen LogP contribution is -1.67. The van der Waals surface area contributed by atoms with Gasteiger partial charge in [0.15, 0.2) is 15.9 Å². The molecule has 0 aliphatic heterocycles. The van der Waals surface area contributed by atoms with E-state index in [9.17, 15) is 0 Å². The van der Waals surface area contributed by atoms with Crippen molar-refractivity contribution in [1.29, 1.82) is 0 Å². The summed E-state index contributed by atoms with van der Waals surface area (Å²) in [5, 5.41) is 0. The Kier molecular flexibility index (Phi) is 5.41. The van der Waals surface area contributed by atoms with E-state index in [1.165, 1.54) is 0 Å². The third kappa shape index (κ3) is 6.00. The Bertz CT molecular complexity index is 236. The lowest BCUT2D eigenvalue weighted by molar-refractivity contribution is 1.71. The fraction of sp³-hybridized carbons (Fsp3) is 0.833. The first-order chi connectivity index (χ1) is 5.37. The Labute approximate surface area is 77.5 Å². The van der Waals surface area contributed by atoms with Crippen LogP contribution in [0.1, 0.15) is 0 Å². The lowest BCUT2D eigenvalue weighted by Gasteiger charge is -2.06. The standard InChI is InChI=1S/C6H17N3P3/c1-7-12(5,6)9-11(4)8-10(2)3/h1H2,2-6H3/q+1. The van der Waals surface area contributed by atoms with Crippen molar-refractivity contribution < 1.29 is 0 Å². The Morgan fingerprint density at radius 1 is 1.33 bits per heavy atom. The highest BCUT2D eigenvalue weighted by Gasteiger charge is 2.07. The van der Waals surface area contributed by atoms with Crippen molar-refractivity contribution in [3.8, 4) is 0 Å². The van der Waals surface area contributed by atoms with Crippen LogP contribution >= 0.6 is 23.1 Å². The highest BCUT2D eigenvalue weighted by Crippen LogP contribution is 2.54. The normalized spacial score (nSPS) is 13.4. The van der Waals surface area contributed by atoms with Gasteiger partial charge in [-0.25, -0.2) is 4.52 Å². The molecule has 0 saturated heterocycles. The predicted octanol–water partition coefficient (Wildman–Crippen LogP) is 3.93. The SMILES string of the molecule is C=NP(C)(C)=NP(C)N=[P+](C)C. The molecule has 0 N–H and O–H groups in total. The topological polar surface area (TPSA) is 37.1 Å². The minimum Gasteiger partial charge on any atom is -0.261 e. The van der Waals surface area contributed by atoms with E-state index in [-0.39, 0.29) is 7.71 Å². The minimum absolute atomic E-state index is 0.182. The number of hydrogen-bond donors (Lipinski definition) is 0. The molecule has 12 heavy (non-hydrogen) atoms. The third-order valence-corrected chi connectivity index (χ3v) is 6.95. The molecule has 0 bridgehead atoms. The monoisotopic (exact) mass is 224 g/mol. The molecule has 0 radical (unpaired) electrons. The largest absolute Gasteiger partial charge is 0.261 e. The van der Waals surface area contributed by atoms with E-state index < -0.39 is 15.4 Å². The minimum atomic E-state index is -1.45. The van der Waals surface area contributed by atoms with Crippen molar-refractivity contribution >= 4 is 29.9 Å². The van der Waals surface area contributed by atoms with Gasteiger partial charge in [0.05, 0.1) is 7.21 Å². The van der Waals surface area contributed by atoms with Gasteiger partial charge in [-0.3, -0.25) is 4.76 Å². The van der Waals surface area contributed by atoms with Crippen LogP contribution in [-0.2, 0) is 0 Å². The average molecular weight is 224 g/mol. The zero-order valence-electron chi connectivity index (χ0n) is 8.39. The molecular formula is C6H17N3P3+. The number of nitrogens with zero attached hydrogens (tertiary/aromatic N) is 3. The van der Waals surface area contributed by atoms with E-state index in [2.05, 4.69) is 53.8 Å². The summed E-state index contributed by atoms with van der Waals surface area (Å²) >= 11 is 0. The molecule has 0 aliphatic rings. The molecule has 6 heteroatoms. The van der Waals surface area contributed by atoms with Gasteiger partial charge >= 0.3 is 0 Å². The van der Waals surface area contributed by atoms with Crippen LogP contribution in [0.5, 0.6) is 0 Å². The van der Waals surface area contributed by atoms with Crippen LogP contribution in [0.25, 0.3) is 0 Å². The molecule has 70 valence electrons. The van der Waals surface area contributed by atoms with Crippen LogP contribution in [0, 0.1) is 0 Å². The summed E-state index contributed by atoms with van der Waals surface area (Å²) in [7, 11) is -2.15. The number of rotatable bonds is 3. The van der Waals surface area contributed by atoms with Gasteiger partial charge in [0, 0.05) is 6.66 Å². The predicted molar refractivity (Wildman–Crippen MR) is 64.8 cm³/mol. The van der Waals surface area contributed by atoms with Crippen LogP contribution in [0.4, 0.5) is 0 Å². The Balaban J connectivity index is 4.54. The first-order valence-corrected chi connectivity index (χ1v) is 10.0. The third-order valence-electron chi connectivity index (χ3n) is 1.00. The van der Waals surface area contributed by atoms with E-state index in [1.807, 2.05) is 0 Å². The van der Waals surface area contributed by atoms with E-state index in [0.29, 0.717) is 0 Å². The fourth-order valence-corrected chi connectivity index (χ4v) is 5.92. The quantitative estimate of drug-likeness (QED) is 0.514. The zero-order valence-corrected chi connectivity index (χ0v) is 11.1. The average Bonchev–Trinajstić information content (AvgIpc) is 1.84. The molecule has 0 rings (SSSR count). The summed E-state index contributed by atoms with van der Waals surface area (Å²) in [6, 6.07) is 0. The molecule has 0 aromatic heterocycles. The van der Waals surface area contributed by atoms with Gasteiger partial charge in [-0.05, 0) is 20.0 Å². The van der Waals surface area contributed by atoms with E-state index in [1.54, 1.807) is 0 Å². The molecule has 0 heterocycles. The van der Waals surface area contributed by atoms with Gasteiger partial charge in [0.1, 0.15) is 13.3 Å². The van der Waals surface area contributed by atoms with Crippen LogP contribution < -0.4 is 0 Å². The van der Waals surface area contributed by atoms with Crippen LogP contribution in [0.3, 0.4) is 0 Å². The maximum Gasteiger partial charge on any atom is 0.200 e. The molecule has 0 aromatic carbocycles. The van der Waals surface area contributed by atoms with E-state index in [0.717, 1.165) is 0 Å². The smallest absolute Gasteiger partial charge is 0.200 e. The molecule has 0 amide bonds. The molecule has 0 spiro atoms. The van der Waals surface area contributed by atoms with Crippen molar-refractivity contribution in [2.75, 3.05) is 33.3 Å². The maximum atomic E-state index is 4.56. The zero-order chi connectivity index (χ0) is 9.78. The molecule has 0 aliphatic carbocycles. The summed E-state index contributed by atoms with van der Waals surface area (Å²) in [6.45, 7) is 14.0. The molecule has 0 aromatic rings. The Morgan fingerprint density at radius 2 is 1.83 bits per heavy atom. The summed E-state index contributed by atoms with van der Waals surface area (Å²) in [6.07, 6.45) is 0. The highest BCUT2D eigenvalue weighted by molar-refractivity contribution is 7.73. The summed E-state index contributed by atoms with van der Waals surface area (Å²) < 4.78 is 13.1. The highest BCUT2D eigenvalue weighted by atomic mass is 31.2. The van der Waals surface area contributed by atoms with Gasteiger partial charge in [-0.15, -0.1) is 0 Å². The first kappa shape index (κ1) is 12.4. The Hall–Kier alpha value is 0.430. The van der Waals surface area contributed by atoms with Crippen molar-refractivity contribution in [1.82, 2.24) is 0 Å². The van der Waals surface area contributed by atoms with Gasteiger partial charge in [-0.1, -0.05) is 4.52 Å². The molecule has 1 atom stereocenters. The van der Waals surface area contributed by atoms with Crippen molar-refractivity contribution in [2.45, 2.75) is 0 Å². The van der Waals surface area contributed by atoms with Crippen molar-refractivity contribution in [3.05, 3.63) is 0 Å². The first-order valence-electron chi connectivity index (χ1n) is 3.55. The fourth-order valence-electron chi connectivity index (χ4n) is 0.622. The summed E-state index contributed by atoms with van der Waals surface area (Å²) in [5.41, 5.74) is 0. The molecule has 1 unspecified atom stereocenters. The maximum absolute atomic E-state index is 4.56. The molecular weight excluding hydrogens is 207 g/mol. The molecule has 0 fully saturated rings. The van der Waals surface area contributed by atoms with Crippen LogP contribution in [0.2, 0.25) is 0 Å². The molecule has 3 nitrogen and oxygen atoms in total. The van der Waals surface area contributed by atoms with Gasteiger partial charge in [0.25, 0.3) is 0 Å². The van der Waals surface area contributed by atoms with Crippen LogP contribution in [0.15, 0.2) is 13.8 Å². The van der Waals surface area contributed by atoms with Crippen LogP contribution in [-0.4, -0.2) is 40.0 Å². The van der Waals surface area contributed by atoms with Crippen molar-refractivity contribution in [2.24, 2.45) is 13.8 Å². The molecule has 0 saturated carbocycles. The van der Waals surface area contributed by atoms with Gasteiger partial charge < -0.3 is 0 Å². The number of hydrogen-bond acceptors (Lipinski definition) is 2. The van der Waals surface area contributed by atoms with E-state index >= 15 is 0 Å². The van der Waals surface area contributed by atoms with E-state index in [4.69, 9.17) is 0 Å². The Morgan fingerprint density at radius 3 is 2.17 bits per heavy atom. The summed E-state index contributed by atoms with van der Waals surface area (Å²) in [4.78, 5) is 0. The van der Waals surface area contributed by atoms with Gasteiger partial charge in [0.2, 0.25) is 0 Å². The second-order valence-electron chi connectivity index (χ2n) is 2.99. The van der Waals surface area contributed by atoms with Gasteiger partial charge in [-0.2, -0.15) is 0 Å². The second kappa shape index (κ2) is 5.22. The second-order valence-corrected chi connectivity index (χ2v) is 10.1. The summed E-state index contributed by atoms with van der Waals surface area (Å²) in [5.74, 6) is 0.